The van der Waals surface area contributed by atoms with E-state index in [9.17, 15) is 0 Å². The Labute approximate surface area is 45.7 Å². The number of hydrogen-bond acceptors (Lipinski definition) is 1. The van der Waals surface area contributed by atoms with Gasteiger partial charge in [-0.2, -0.15) is 0 Å². The molecule has 43 valence electrons. The molecule has 1 heteroatoms. The summed E-state index contributed by atoms with van der Waals surface area (Å²) in [5.74, 6) is 0.641. The maximum atomic E-state index is 4.98. The lowest BCUT2D eigenvalue weighted by Crippen LogP contribution is -2.00. The van der Waals surface area contributed by atoms with Gasteiger partial charge in [0.25, 0.3) is 0 Å². The summed E-state index contributed by atoms with van der Waals surface area (Å²) in [5.41, 5.74) is 0. The number of rotatable bonds is 3. The van der Waals surface area contributed by atoms with Crippen LogP contribution in [0.15, 0.2) is 0 Å². The van der Waals surface area contributed by atoms with Gasteiger partial charge in [0.15, 0.2) is 0 Å². The average Bonchev–Trinajstić information content (AvgIpc) is 1.61. The van der Waals surface area contributed by atoms with Crippen molar-refractivity contribution in [1.82, 2.24) is 0 Å². The van der Waals surface area contributed by atoms with Crippen molar-refractivity contribution in [3.05, 3.63) is 6.92 Å². The molecule has 0 amide bonds. The van der Waals surface area contributed by atoms with Crippen molar-refractivity contribution < 1.29 is 4.74 Å². The van der Waals surface area contributed by atoms with Crippen LogP contribution in [0.1, 0.15) is 13.8 Å². The van der Waals surface area contributed by atoms with Crippen molar-refractivity contribution in [2.45, 2.75) is 13.8 Å². The van der Waals surface area contributed by atoms with Crippen molar-refractivity contribution in [2.75, 3.05) is 13.2 Å². The molecule has 0 aromatic carbocycles. The number of hydrogen-bond donors (Lipinski definition) is 0. The molecule has 0 atom stereocenters. The van der Waals surface area contributed by atoms with Gasteiger partial charge in [-0.3, -0.25) is 0 Å². The minimum Gasteiger partial charge on any atom is -0.381 e. The van der Waals surface area contributed by atoms with E-state index in [1.807, 2.05) is 0 Å². The molecule has 0 aromatic rings. The zero-order valence-corrected chi connectivity index (χ0v) is 5.11. The summed E-state index contributed by atoms with van der Waals surface area (Å²) in [6.07, 6.45) is 0. The highest BCUT2D eigenvalue weighted by Gasteiger charge is 1.88. The SMILES string of the molecule is [CH2]COCC(C)C. The largest absolute Gasteiger partial charge is 0.381 e. The van der Waals surface area contributed by atoms with E-state index in [1.165, 1.54) is 0 Å². The van der Waals surface area contributed by atoms with Gasteiger partial charge in [-0.25, -0.2) is 0 Å². The lowest BCUT2D eigenvalue weighted by Gasteiger charge is -2.01. The van der Waals surface area contributed by atoms with Crippen LogP contribution in [0.25, 0.3) is 0 Å². The molecule has 0 rings (SSSR count). The zero-order valence-electron chi connectivity index (χ0n) is 5.11. The summed E-state index contributed by atoms with van der Waals surface area (Å²) < 4.78 is 4.98. The first kappa shape index (κ1) is 6.96. The maximum absolute atomic E-state index is 4.98. The molecular weight excluding hydrogens is 88.1 g/mol. The molecule has 0 N–H and O–H groups in total. The van der Waals surface area contributed by atoms with Gasteiger partial charge in [0, 0.05) is 13.2 Å². The van der Waals surface area contributed by atoms with E-state index in [1.54, 1.807) is 0 Å². The van der Waals surface area contributed by atoms with Crippen LogP contribution < -0.4 is 0 Å². The van der Waals surface area contributed by atoms with E-state index >= 15 is 0 Å². The second-order valence-electron chi connectivity index (χ2n) is 1.97. The molecule has 0 unspecified atom stereocenters. The molecule has 0 fully saturated rings. The molecule has 0 saturated heterocycles. The summed E-state index contributed by atoms with van der Waals surface area (Å²) >= 11 is 0. The lowest BCUT2D eigenvalue weighted by molar-refractivity contribution is 0.133. The fraction of sp³-hybridized carbons (Fsp3) is 0.833. The Kier molecular flexibility index (Phi) is 4.10. The van der Waals surface area contributed by atoms with Crippen molar-refractivity contribution in [3.63, 3.8) is 0 Å². The first-order chi connectivity index (χ1) is 3.27. The van der Waals surface area contributed by atoms with Crippen molar-refractivity contribution >= 4 is 0 Å². The Morgan fingerprint density at radius 2 is 2.14 bits per heavy atom. The quantitative estimate of drug-likeness (QED) is 0.523. The molecule has 0 aliphatic rings. The molecule has 1 radical (unpaired) electrons. The van der Waals surface area contributed by atoms with Crippen LogP contribution in [0, 0.1) is 12.8 Å². The highest BCUT2D eigenvalue weighted by Crippen LogP contribution is 1.90. The highest BCUT2D eigenvalue weighted by atomic mass is 16.5. The molecule has 0 aromatic heterocycles. The Hall–Kier alpha value is -0.0400. The van der Waals surface area contributed by atoms with E-state index in [-0.39, 0.29) is 0 Å². The fourth-order valence-electron chi connectivity index (χ4n) is 0.319. The first-order valence-corrected chi connectivity index (χ1v) is 2.64. The average molecular weight is 101 g/mol. The second-order valence-corrected chi connectivity index (χ2v) is 1.97. The lowest BCUT2D eigenvalue weighted by atomic mass is 10.2. The van der Waals surface area contributed by atoms with Crippen LogP contribution in [-0.2, 0) is 4.74 Å². The van der Waals surface area contributed by atoms with Crippen LogP contribution in [0.4, 0.5) is 0 Å². The predicted molar refractivity (Wildman–Crippen MR) is 31.0 cm³/mol. The van der Waals surface area contributed by atoms with Gasteiger partial charge >= 0.3 is 0 Å². The molecule has 1 nitrogen and oxygen atoms in total. The normalized spacial score (nSPS) is 10.3. The van der Waals surface area contributed by atoms with Crippen molar-refractivity contribution in [1.29, 1.82) is 0 Å². The van der Waals surface area contributed by atoms with E-state index in [0.717, 1.165) is 6.61 Å². The molecule has 0 heterocycles. The van der Waals surface area contributed by atoms with Gasteiger partial charge in [0.05, 0.1) is 0 Å². The maximum Gasteiger partial charge on any atom is 0.0488 e. The van der Waals surface area contributed by atoms with Crippen LogP contribution in [0.2, 0.25) is 0 Å². The van der Waals surface area contributed by atoms with Gasteiger partial charge in [-0.1, -0.05) is 13.8 Å². The van der Waals surface area contributed by atoms with Gasteiger partial charge in [0.2, 0.25) is 0 Å². The van der Waals surface area contributed by atoms with Crippen LogP contribution in [0.5, 0.6) is 0 Å². The monoisotopic (exact) mass is 101 g/mol. The van der Waals surface area contributed by atoms with Crippen LogP contribution >= 0.6 is 0 Å². The summed E-state index contributed by atoms with van der Waals surface area (Å²) in [5, 5.41) is 0. The summed E-state index contributed by atoms with van der Waals surface area (Å²) in [6, 6.07) is 0. The smallest absolute Gasteiger partial charge is 0.0488 e. The molecule has 7 heavy (non-hydrogen) atoms. The predicted octanol–water partition coefficient (Wildman–Crippen LogP) is 1.49. The third-order valence-corrected chi connectivity index (χ3v) is 0.596. The molecule has 0 aliphatic heterocycles. The number of ether oxygens (including phenoxy) is 1. The molecule has 0 spiro atoms. The molecule has 0 saturated carbocycles. The van der Waals surface area contributed by atoms with Crippen molar-refractivity contribution in [2.24, 2.45) is 5.92 Å². The molecular formula is C6H13O. The van der Waals surface area contributed by atoms with Gasteiger partial charge in [-0.05, 0) is 12.8 Å². The molecule has 0 aliphatic carbocycles. The third-order valence-electron chi connectivity index (χ3n) is 0.596. The van der Waals surface area contributed by atoms with E-state index in [0.29, 0.717) is 12.5 Å². The van der Waals surface area contributed by atoms with Gasteiger partial charge < -0.3 is 4.74 Å². The van der Waals surface area contributed by atoms with Crippen LogP contribution in [-0.4, -0.2) is 13.2 Å². The minimum absolute atomic E-state index is 0.595. The Balaban J connectivity index is 2.68. The van der Waals surface area contributed by atoms with Crippen LogP contribution in [0.3, 0.4) is 0 Å². The second kappa shape index (κ2) is 4.13. The van der Waals surface area contributed by atoms with E-state index in [4.69, 9.17) is 4.74 Å². The van der Waals surface area contributed by atoms with Gasteiger partial charge in [0.1, 0.15) is 0 Å². The minimum atomic E-state index is 0.595. The molecule has 0 bridgehead atoms. The van der Waals surface area contributed by atoms with Crippen molar-refractivity contribution in [3.8, 4) is 0 Å². The van der Waals surface area contributed by atoms with E-state index < -0.39 is 0 Å². The van der Waals surface area contributed by atoms with E-state index in [2.05, 4.69) is 20.8 Å². The zero-order chi connectivity index (χ0) is 5.70. The fourth-order valence-corrected chi connectivity index (χ4v) is 0.319. The first-order valence-electron chi connectivity index (χ1n) is 2.64. The Morgan fingerprint density at radius 3 is 2.29 bits per heavy atom. The third kappa shape index (κ3) is 5.96. The Bertz CT molecular complexity index is 33.2. The highest BCUT2D eigenvalue weighted by molar-refractivity contribution is 4.39. The Morgan fingerprint density at radius 1 is 1.57 bits per heavy atom. The standard InChI is InChI=1S/C6H13O/c1-4-7-5-6(2)3/h6H,1,4-5H2,2-3H3. The topological polar surface area (TPSA) is 9.23 Å². The summed E-state index contributed by atoms with van der Waals surface area (Å²) in [7, 11) is 0. The van der Waals surface area contributed by atoms with Gasteiger partial charge in [-0.15, -0.1) is 0 Å². The summed E-state index contributed by atoms with van der Waals surface area (Å²) in [4.78, 5) is 0. The summed E-state index contributed by atoms with van der Waals surface area (Å²) in [6.45, 7) is 9.21.